The maximum Gasteiger partial charge on any atom is 0.259 e. The molecule has 2 rings (SSSR count). The van der Waals surface area contributed by atoms with E-state index in [9.17, 15) is 9.90 Å². The van der Waals surface area contributed by atoms with Crippen molar-refractivity contribution in [1.29, 1.82) is 5.26 Å². The second-order valence-electron chi connectivity index (χ2n) is 6.91. The summed E-state index contributed by atoms with van der Waals surface area (Å²) in [5, 5.41) is 22.1. The Balaban J connectivity index is 1.94. The molecule has 142 valence electrons. The van der Waals surface area contributed by atoms with Crippen molar-refractivity contribution in [2.45, 2.75) is 45.6 Å². The number of anilines is 1. The summed E-state index contributed by atoms with van der Waals surface area (Å²) in [6.45, 7) is 5.19. The number of carbonyl (C=O) groups is 1. The van der Waals surface area contributed by atoms with Gasteiger partial charge in [0.25, 0.3) is 5.91 Å². The Kier molecular flexibility index (Phi) is 6.98. The Morgan fingerprint density at radius 1 is 1.26 bits per heavy atom. The number of unbranched alkanes of at least 4 members (excludes halogenated alkanes) is 1. The zero-order valence-corrected chi connectivity index (χ0v) is 16.1. The molecular weight excluding hydrogens is 340 g/mol. The molecule has 0 saturated heterocycles. The molecule has 0 radical (unpaired) electrons. The Morgan fingerprint density at radius 3 is 2.56 bits per heavy atom. The van der Waals surface area contributed by atoms with E-state index in [1.807, 2.05) is 24.3 Å². The quantitative estimate of drug-likeness (QED) is 0.740. The van der Waals surface area contributed by atoms with Gasteiger partial charge in [-0.15, -0.1) is 0 Å². The monoisotopic (exact) mass is 366 g/mol. The molecule has 0 spiro atoms. The van der Waals surface area contributed by atoms with Crippen molar-refractivity contribution in [2.75, 3.05) is 11.9 Å². The highest BCUT2D eigenvalue weighted by atomic mass is 16.5. The van der Waals surface area contributed by atoms with Gasteiger partial charge in [-0.1, -0.05) is 25.5 Å². The van der Waals surface area contributed by atoms with Gasteiger partial charge in [-0.2, -0.15) is 5.26 Å². The molecule has 0 fully saturated rings. The number of amides is 1. The fraction of sp³-hybridized carbons (Fsp3) is 0.364. The fourth-order valence-corrected chi connectivity index (χ4v) is 2.56. The molecular formula is C22H26N2O3. The van der Waals surface area contributed by atoms with E-state index in [2.05, 4.69) is 18.3 Å². The minimum absolute atomic E-state index is 0.164. The fourth-order valence-electron chi connectivity index (χ4n) is 2.56. The largest absolute Gasteiger partial charge is 0.490 e. The highest BCUT2D eigenvalue weighted by Crippen LogP contribution is 2.19. The molecule has 0 aliphatic rings. The van der Waals surface area contributed by atoms with Crippen LogP contribution in [-0.4, -0.2) is 23.2 Å². The zero-order chi connectivity index (χ0) is 19.9. The summed E-state index contributed by atoms with van der Waals surface area (Å²) >= 11 is 0. The van der Waals surface area contributed by atoms with E-state index in [0.29, 0.717) is 17.0 Å². The van der Waals surface area contributed by atoms with E-state index in [-0.39, 0.29) is 6.61 Å². The first-order chi connectivity index (χ1) is 12.9. The van der Waals surface area contributed by atoms with E-state index in [1.54, 1.807) is 25.1 Å². The molecule has 0 bridgehead atoms. The summed E-state index contributed by atoms with van der Waals surface area (Å²) in [5.74, 6) is 0.0451. The molecule has 2 aromatic rings. The van der Waals surface area contributed by atoms with E-state index in [0.717, 1.165) is 24.8 Å². The van der Waals surface area contributed by atoms with Crippen LogP contribution in [0, 0.1) is 18.3 Å². The minimum Gasteiger partial charge on any atom is -0.490 e. The molecule has 0 heterocycles. The lowest BCUT2D eigenvalue weighted by molar-refractivity contribution is -0.135. The summed E-state index contributed by atoms with van der Waals surface area (Å²) in [6.07, 6.45) is 3.32. The lowest BCUT2D eigenvalue weighted by Crippen LogP contribution is -2.45. The topological polar surface area (TPSA) is 82.3 Å². The van der Waals surface area contributed by atoms with Crippen LogP contribution in [0.15, 0.2) is 42.5 Å². The highest BCUT2D eigenvalue weighted by Gasteiger charge is 2.31. The van der Waals surface area contributed by atoms with Gasteiger partial charge in [0.05, 0.1) is 11.6 Å². The van der Waals surface area contributed by atoms with Crippen molar-refractivity contribution in [2.24, 2.45) is 0 Å². The van der Waals surface area contributed by atoms with Crippen molar-refractivity contribution in [3.05, 3.63) is 59.2 Å². The Bertz CT molecular complexity index is 820. The number of hydrogen-bond acceptors (Lipinski definition) is 4. The third-order valence-electron chi connectivity index (χ3n) is 4.36. The van der Waals surface area contributed by atoms with Gasteiger partial charge in [0, 0.05) is 5.69 Å². The number of aliphatic hydroxyl groups is 1. The van der Waals surface area contributed by atoms with Crippen LogP contribution in [0.3, 0.4) is 0 Å². The average molecular weight is 366 g/mol. The Labute approximate surface area is 160 Å². The predicted molar refractivity (Wildman–Crippen MR) is 106 cm³/mol. The van der Waals surface area contributed by atoms with Crippen LogP contribution in [-0.2, 0) is 11.2 Å². The van der Waals surface area contributed by atoms with E-state index < -0.39 is 11.5 Å². The number of aryl methyl sites for hydroxylation is 2. The standard InChI is InChI=1S/C22H26N2O3/c1-4-5-6-17-7-11-20(12-8-17)27-15-22(3,26)21(25)24-19-10-9-18(14-23)16(2)13-19/h7-13,26H,4-6,15H2,1-3H3,(H,24,25). The molecule has 2 N–H and O–H groups in total. The van der Waals surface area contributed by atoms with Crippen molar-refractivity contribution >= 4 is 11.6 Å². The predicted octanol–water partition coefficient (Wildman–Crippen LogP) is 3.98. The van der Waals surface area contributed by atoms with Crippen LogP contribution < -0.4 is 10.1 Å². The number of nitrogens with zero attached hydrogens (tertiary/aromatic N) is 1. The Hall–Kier alpha value is -2.84. The average Bonchev–Trinajstić information content (AvgIpc) is 2.65. The van der Waals surface area contributed by atoms with Crippen molar-refractivity contribution in [3.8, 4) is 11.8 Å². The van der Waals surface area contributed by atoms with Crippen LogP contribution in [0.1, 0.15) is 43.4 Å². The maximum atomic E-state index is 12.4. The number of rotatable bonds is 8. The summed E-state index contributed by atoms with van der Waals surface area (Å²) in [4.78, 5) is 12.4. The van der Waals surface area contributed by atoms with E-state index in [4.69, 9.17) is 10.00 Å². The summed E-state index contributed by atoms with van der Waals surface area (Å²) in [5.41, 5.74) is 1.38. The van der Waals surface area contributed by atoms with Gasteiger partial charge >= 0.3 is 0 Å². The van der Waals surface area contributed by atoms with Gasteiger partial charge in [-0.3, -0.25) is 4.79 Å². The van der Waals surface area contributed by atoms with E-state index >= 15 is 0 Å². The van der Waals surface area contributed by atoms with Crippen LogP contribution in [0.5, 0.6) is 5.75 Å². The zero-order valence-electron chi connectivity index (χ0n) is 16.1. The van der Waals surface area contributed by atoms with Crippen LogP contribution in [0.4, 0.5) is 5.69 Å². The number of benzene rings is 2. The number of carbonyl (C=O) groups excluding carboxylic acids is 1. The van der Waals surface area contributed by atoms with Gasteiger partial charge in [0.15, 0.2) is 5.60 Å². The van der Waals surface area contributed by atoms with Gasteiger partial charge in [-0.05, 0) is 68.1 Å². The lowest BCUT2D eigenvalue weighted by atomic mass is 10.1. The van der Waals surface area contributed by atoms with Gasteiger partial charge in [0.2, 0.25) is 0 Å². The first-order valence-electron chi connectivity index (χ1n) is 9.12. The number of nitrogens with one attached hydrogen (secondary N) is 1. The van der Waals surface area contributed by atoms with Crippen molar-refractivity contribution < 1.29 is 14.6 Å². The maximum absolute atomic E-state index is 12.4. The van der Waals surface area contributed by atoms with Crippen molar-refractivity contribution in [1.82, 2.24) is 0 Å². The molecule has 5 nitrogen and oxygen atoms in total. The van der Waals surface area contributed by atoms with Crippen LogP contribution in [0.2, 0.25) is 0 Å². The van der Waals surface area contributed by atoms with Crippen molar-refractivity contribution in [3.63, 3.8) is 0 Å². The lowest BCUT2D eigenvalue weighted by Gasteiger charge is -2.23. The van der Waals surface area contributed by atoms with Crippen LogP contribution in [0.25, 0.3) is 0 Å². The summed E-state index contributed by atoms with van der Waals surface area (Å²) in [7, 11) is 0. The molecule has 2 aromatic carbocycles. The minimum atomic E-state index is -1.69. The Morgan fingerprint density at radius 2 is 1.96 bits per heavy atom. The van der Waals surface area contributed by atoms with E-state index in [1.165, 1.54) is 12.5 Å². The third-order valence-corrected chi connectivity index (χ3v) is 4.36. The molecule has 5 heteroatoms. The molecule has 1 atom stereocenters. The SMILES string of the molecule is CCCCc1ccc(OCC(C)(O)C(=O)Nc2ccc(C#N)c(C)c2)cc1. The second kappa shape index (κ2) is 9.20. The number of nitriles is 1. The molecule has 1 unspecified atom stereocenters. The molecule has 0 aliphatic heterocycles. The summed E-state index contributed by atoms with van der Waals surface area (Å²) < 4.78 is 5.60. The third kappa shape index (κ3) is 5.83. The first-order valence-corrected chi connectivity index (χ1v) is 9.12. The molecule has 0 aliphatic carbocycles. The van der Waals surface area contributed by atoms with Gasteiger partial charge in [0.1, 0.15) is 12.4 Å². The first kappa shape index (κ1) is 20.5. The molecule has 1 amide bonds. The second-order valence-corrected chi connectivity index (χ2v) is 6.91. The number of hydrogen-bond donors (Lipinski definition) is 2. The van der Waals surface area contributed by atoms with Gasteiger partial charge < -0.3 is 15.2 Å². The molecule has 0 saturated carbocycles. The molecule has 27 heavy (non-hydrogen) atoms. The number of ether oxygens (including phenoxy) is 1. The van der Waals surface area contributed by atoms with Gasteiger partial charge in [-0.25, -0.2) is 0 Å². The highest BCUT2D eigenvalue weighted by molar-refractivity contribution is 5.97. The molecule has 0 aromatic heterocycles. The normalized spacial score (nSPS) is 12.7. The van der Waals surface area contributed by atoms with Crippen LogP contribution >= 0.6 is 0 Å². The summed E-state index contributed by atoms with van der Waals surface area (Å²) in [6, 6.07) is 14.7. The smallest absolute Gasteiger partial charge is 0.259 e.